The highest BCUT2D eigenvalue weighted by molar-refractivity contribution is 6.30. The molecule has 3 heterocycles. The van der Waals surface area contributed by atoms with Crippen LogP contribution in [0, 0.1) is 0 Å². The Morgan fingerprint density at radius 3 is 2.67 bits per heavy atom. The van der Waals surface area contributed by atoms with Crippen LogP contribution in [-0.4, -0.2) is 20.4 Å². The topological polar surface area (TPSA) is 79.8 Å². The molecular formula is C20H12ClF3N4O2. The third kappa shape index (κ3) is 3.55. The van der Waals surface area contributed by atoms with Crippen LogP contribution in [0.2, 0.25) is 5.02 Å². The lowest BCUT2D eigenvalue weighted by atomic mass is 10.1. The van der Waals surface area contributed by atoms with Crippen LogP contribution >= 0.6 is 11.6 Å². The van der Waals surface area contributed by atoms with Gasteiger partial charge in [0.15, 0.2) is 0 Å². The van der Waals surface area contributed by atoms with Crippen LogP contribution in [0.3, 0.4) is 0 Å². The molecule has 0 bridgehead atoms. The molecule has 6 nitrogen and oxygen atoms in total. The highest BCUT2D eigenvalue weighted by Crippen LogP contribution is 2.36. The Labute approximate surface area is 171 Å². The van der Waals surface area contributed by atoms with Crippen LogP contribution in [0.25, 0.3) is 16.5 Å². The van der Waals surface area contributed by atoms with Crippen molar-refractivity contribution in [2.24, 2.45) is 0 Å². The second kappa shape index (κ2) is 7.34. The molecule has 0 aliphatic heterocycles. The first-order valence-corrected chi connectivity index (χ1v) is 8.95. The minimum absolute atomic E-state index is 0.120. The fourth-order valence-electron chi connectivity index (χ4n) is 3.20. The van der Waals surface area contributed by atoms with Gasteiger partial charge in [0.1, 0.15) is 5.69 Å². The van der Waals surface area contributed by atoms with Gasteiger partial charge in [0.05, 0.1) is 28.2 Å². The van der Waals surface area contributed by atoms with Crippen molar-refractivity contribution in [2.75, 3.05) is 5.32 Å². The first kappa shape index (κ1) is 19.7. The van der Waals surface area contributed by atoms with E-state index in [2.05, 4.69) is 15.3 Å². The Bertz CT molecular complexity index is 1330. The SMILES string of the molecule is O=C(Nc1cncc(Cl)c1)c1ccn(-c2cccc3c(=O)[nH]ccc23)c1C(F)(F)F. The normalized spacial score (nSPS) is 11.6. The van der Waals surface area contributed by atoms with Crippen molar-refractivity contribution in [2.45, 2.75) is 6.18 Å². The van der Waals surface area contributed by atoms with Crippen LogP contribution in [0.4, 0.5) is 18.9 Å². The number of nitrogens with one attached hydrogen (secondary N) is 2. The molecule has 1 amide bonds. The van der Waals surface area contributed by atoms with Gasteiger partial charge < -0.3 is 14.9 Å². The summed E-state index contributed by atoms with van der Waals surface area (Å²) in [4.78, 5) is 30.9. The van der Waals surface area contributed by atoms with Crippen LogP contribution in [0.5, 0.6) is 0 Å². The molecular weight excluding hydrogens is 421 g/mol. The standard InChI is InChI=1S/C20H12ClF3N4O2/c21-11-8-12(10-25-9-11)27-19(30)15-5-7-28(17(15)20(22,23)24)16-3-1-2-14-13(16)4-6-26-18(14)29/h1-10H,(H,26,29)(H,27,30). The quantitative estimate of drug-likeness (QED) is 0.495. The van der Waals surface area contributed by atoms with Crippen LogP contribution in [-0.2, 0) is 6.18 Å². The van der Waals surface area contributed by atoms with E-state index in [0.29, 0.717) is 5.39 Å². The van der Waals surface area contributed by atoms with Gasteiger partial charge in [-0.1, -0.05) is 17.7 Å². The fourth-order valence-corrected chi connectivity index (χ4v) is 3.37. The summed E-state index contributed by atoms with van der Waals surface area (Å²) < 4.78 is 42.8. The van der Waals surface area contributed by atoms with Gasteiger partial charge in [-0.2, -0.15) is 13.2 Å². The molecule has 0 unspecified atom stereocenters. The van der Waals surface area contributed by atoms with Crippen molar-refractivity contribution in [3.05, 3.63) is 87.8 Å². The Hall–Kier alpha value is -3.59. The number of pyridine rings is 2. The fraction of sp³-hybridized carbons (Fsp3) is 0.0500. The third-order valence-electron chi connectivity index (χ3n) is 4.41. The Kier molecular flexibility index (Phi) is 4.83. The monoisotopic (exact) mass is 432 g/mol. The van der Waals surface area contributed by atoms with E-state index in [1.165, 1.54) is 48.9 Å². The summed E-state index contributed by atoms with van der Waals surface area (Å²) in [5, 5.41) is 3.14. The van der Waals surface area contributed by atoms with Crippen LogP contribution < -0.4 is 10.9 Å². The molecule has 3 aromatic heterocycles. The van der Waals surface area contributed by atoms with E-state index in [1.807, 2.05) is 0 Å². The molecule has 0 fully saturated rings. The first-order chi connectivity index (χ1) is 14.3. The molecule has 1 aromatic carbocycles. The number of aromatic nitrogens is 3. The van der Waals surface area contributed by atoms with Crippen molar-refractivity contribution >= 4 is 34.0 Å². The summed E-state index contributed by atoms with van der Waals surface area (Å²) >= 11 is 5.80. The molecule has 2 N–H and O–H groups in total. The average molecular weight is 433 g/mol. The van der Waals surface area contributed by atoms with Gasteiger partial charge in [0.2, 0.25) is 0 Å². The van der Waals surface area contributed by atoms with E-state index in [-0.39, 0.29) is 21.8 Å². The summed E-state index contributed by atoms with van der Waals surface area (Å²) in [5.74, 6) is -0.969. The summed E-state index contributed by atoms with van der Waals surface area (Å²) in [7, 11) is 0. The van der Waals surface area contributed by atoms with Gasteiger partial charge in [-0.05, 0) is 30.3 Å². The number of anilines is 1. The van der Waals surface area contributed by atoms with E-state index in [0.717, 1.165) is 16.8 Å². The number of carbonyl (C=O) groups is 1. The highest BCUT2D eigenvalue weighted by atomic mass is 35.5. The minimum Gasteiger partial charge on any atom is -0.329 e. The number of halogens is 4. The van der Waals surface area contributed by atoms with E-state index >= 15 is 0 Å². The van der Waals surface area contributed by atoms with Gasteiger partial charge in [0.25, 0.3) is 11.5 Å². The molecule has 152 valence electrons. The van der Waals surface area contributed by atoms with Crippen molar-refractivity contribution in [3.8, 4) is 5.69 Å². The number of fused-ring (bicyclic) bond motifs is 1. The van der Waals surface area contributed by atoms with E-state index < -0.39 is 28.9 Å². The number of hydrogen-bond donors (Lipinski definition) is 2. The molecule has 0 saturated carbocycles. The molecule has 0 radical (unpaired) electrons. The molecule has 0 saturated heterocycles. The number of benzene rings is 1. The van der Waals surface area contributed by atoms with E-state index in [4.69, 9.17) is 11.6 Å². The lowest BCUT2D eigenvalue weighted by Gasteiger charge is -2.16. The maximum Gasteiger partial charge on any atom is 0.432 e. The maximum atomic E-state index is 14.0. The van der Waals surface area contributed by atoms with Gasteiger partial charge in [0, 0.05) is 29.4 Å². The van der Waals surface area contributed by atoms with Crippen molar-refractivity contribution < 1.29 is 18.0 Å². The Morgan fingerprint density at radius 2 is 1.93 bits per heavy atom. The number of carbonyl (C=O) groups excluding carboxylic acids is 1. The minimum atomic E-state index is -4.84. The first-order valence-electron chi connectivity index (χ1n) is 8.57. The predicted molar refractivity (Wildman–Crippen MR) is 106 cm³/mol. The lowest BCUT2D eigenvalue weighted by molar-refractivity contribution is -0.142. The largest absolute Gasteiger partial charge is 0.432 e. The van der Waals surface area contributed by atoms with E-state index in [1.54, 1.807) is 0 Å². The van der Waals surface area contributed by atoms with Gasteiger partial charge in [-0.3, -0.25) is 14.6 Å². The number of nitrogens with zero attached hydrogens (tertiary/aromatic N) is 2. The molecule has 4 aromatic rings. The van der Waals surface area contributed by atoms with Crippen molar-refractivity contribution in [3.63, 3.8) is 0 Å². The molecule has 10 heteroatoms. The Balaban J connectivity index is 1.86. The number of H-pyrrole nitrogens is 1. The predicted octanol–water partition coefficient (Wildman–Crippen LogP) is 4.64. The zero-order chi connectivity index (χ0) is 21.5. The molecule has 0 aliphatic carbocycles. The van der Waals surface area contributed by atoms with E-state index in [9.17, 15) is 22.8 Å². The summed E-state index contributed by atoms with van der Waals surface area (Å²) in [6.45, 7) is 0. The molecule has 0 aliphatic rings. The van der Waals surface area contributed by atoms with Crippen LogP contribution in [0.1, 0.15) is 16.1 Å². The van der Waals surface area contributed by atoms with Crippen LogP contribution in [0.15, 0.2) is 66.0 Å². The molecule has 30 heavy (non-hydrogen) atoms. The summed E-state index contributed by atoms with van der Waals surface area (Å²) in [5.41, 5.74) is -1.90. The van der Waals surface area contributed by atoms with Gasteiger partial charge in [-0.15, -0.1) is 0 Å². The second-order valence-electron chi connectivity index (χ2n) is 6.34. The maximum absolute atomic E-state index is 14.0. The molecule has 0 spiro atoms. The van der Waals surface area contributed by atoms with Crippen molar-refractivity contribution in [1.82, 2.24) is 14.5 Å². The summed E-state index contributed by atoms with van der Waals surface area (Å²) in [6, 6.07) is 8.37. The zero-order valence-electron chi connectivity index (χ0n) is 15.0. The molecule has 0 atom stereocenters. The second-order valence-corrected chi connectivity index (χ2v) is 6.77. The number of rotatable bonds is 3. The lowest BCUT2D eigenvalue weighted by Crippen LogP contribution is -2.20. The molecule has 4 rings (SSSR count). The Morgan fingerprint density at radius 1 is 1.13 bits per heavy atom. The smallest absolute Gasteiger partial charge is 0.329 e. The number of alkyl halides is 3. The summed E-state index contributed by atoms with van der Waals surface area (Å²) in [6.07, 6.45) is 0.253. The van der Waals surface area contributed by atoms with Crippen molar-refractivity contribution in [1.29, 1.82) is 0 Å². The highest BCUT2D eigenvalue weighted by Gasteiger charge is 2.39. The number of amides is 1. The number of hydrogen-bond acceptors (Lipinski definition) is 3. The number of aromatic amines is 1. The third-order valence-corrected chi connectivity index (χ3v) is 4.62. The average Bonchev–Trinajstić information content (AvgIpc) is 3.14. The van der Waals surface area contributed by atoms with Gasteiger partial charge >= 0.3 is 6.18 Å². The van der Waals surface area contributed by atoms with Gasteiger partial charge in [-0.25, -0.2) is 0 Å². The zero-order valence-corrected chi connectivity index (χ0v) is 15.8.